The molecule has 0 bridgehead atoms. The van der Waals surface area contributed by atoms with Gasteiger partial charge in [-0.1, -0.05) is 12.1 Å². The molecule has 1 aliphatic heterocycles. The molecule has 0 saturated carbocycles. The van der Waals surface area contributed by atoms with Crippen molar-refractivity contribution in [2.75, 3.05) is 46.0 Å². The summed E-state index contributed by atoms with van der Waals surface area (Å²) in [5, 5.41) is 1.14. The number of nitrogens with two attached hydrogens (primary N) is 1. The summed E-state index contributed by atoms with van der Waals surface area (Å²) >= 11 is 0. The fourth-order valence-corrected chi connectivity index (χ4v) is 4.32. The number of carbonyl (C=O) groups is 1. The van der Waals surface area contributed by atoms with Crippen LogP contribution in [0.3, 0.4) is 0 Å². The summed E-state index contributed by atoms with van der Waals surface area (Å²) in [5.74, 6) is 0.573. The standard InChI is InChI=1S/C28H37N3O4/c1-28(2,3)35-27(32)22-6-4-21(5-7-22)20-31-24(10-11-29)18-23-19-25(8-9-26(23)31)34-17-14-30-12-15-33-16-13-30/h4-9,18-19H,10-17,20,29H2,1-3H3. The van der Waals surface area contributed by atoms with E-state index in [1.54, 1.807) is 0 Å². The molecule has 2 heterocycles. The molecular weight excluding hydrogens is 442 g/mol. The molecule has 2 N–H and O–H groups in total. The number of aromatic nitrogens is 1. The van der Waals surface area contributed by atoms with Crippen molar-refractivity contribution in [2.45, 2.75) is 39.3 Å². The van der Waals surface area contributed by atoms with Gasteiger partial charge < -0.3 is 24.5 Å². The number of ether oxygens (including phenoxy) is 3. The molecule has 0 amide bonds. The minimum absolute atomic E-state index is 0.305. The second-order valence-corrected chi connectivity index (χ2v) is 9.98. The van der Waals surface area contributed by atoms with Crippen LogP contribution in [0.2, 0.25) is 0 Å². The van der Waals surface area contributed by atoms with Crippen LogP contribution in [0.4, 0.5) is 0 Å². The summed E-state index contributed by atoms with van der Waals surface area (Å²) in [6, 6.07) is 16.1. The summed E-state index contributed by atoms with van der Waals surface area (Å²) in [7, 11) is 0. The molecule has 1 aliphatic rings. The Morgan fingerprint density at radius 3 is 2.49 bits per heavy atom. The Morgan fingerprint density at radius 1 is 1.06 bits per heavy atom. The zero-order chi connectivity index (χ0) is 24.8. The first-order chi connectivity index (χ1) is 16.8. The summed E-state index contributed by atoms with van der Waals surface area (Å²) in [5.41, 5.74) is 9.40. The smallest absolute Gasteiger partial charge is 0.338 e. The molecule has 35 heavy (non-hydrogen) atoms. The lowest BCUT2D eigenvalue weighted by Gasteiger charge is -2.26. The van der Waals surface area contributed by atoms with Crippen molar-refractivity contribution in [3.05, 3.63) is 65.4 Å². The van der Waals surface area contributed by atoms with Gasteiger partial charge in [0.15, 0.2) is 0 Å². The van der Waals surface area contributed by atoms with E-state index in [1.807, 2.05) is 51.1 Å². The zero-order valence-corrected chi connectivity index (χ0v) is 21.1. The summed E-state index contributed by atoms with van der Waals surface area (Å²) in [6.45, 7) is 12.0. The maximum absolute atomic E-state index is 12.3. The van der Waals surface area contributed by atoms with Crippen molar-refractivity contribution in [3.63, 3.8) is 0 Å². The number of hydrogen-bond donors (Lipinski definition) is 1. The molecule has 4 rings (SSSR count). The lowest BCUT2D eigenvalue weighted by molar-refractivity contribution is 0.00694. The molecule has 3 aromatic rings. The molecule has 0 unspecified atom stereocenters. The van der Waals surface area contributed by atoms with Crippen LogP contribution in [-0.4, -0.2) is 67.0 Å². The van der Waals surface area contributed by atoms with E-state index in [2.05, 4.69) is 27.7 Å². The average molecular weight is 480 g/mol. The van der Waals surface area contributed by atoms with Gasteiger partial charge in [-0.25, -0.2) is 4.79 Å². The van der Waals surface area contributed by atoms with Crippen LogP contribution in [0.5, 0.6) is 5.75 Å². The minimum atomic E-state index is -0.512. The third kappa shape index (κ3) is 6.84. The Balaban J connectivity index is 1.46. The van der Waals surface area contributed by atoms with Gasteiger partial charge in [-0.15, -0.1) is 0 Å². The number of hydrogen-bond acceptors (Lipinski definition) is 6. The lowest BCUT2D eigenvalue weighted by atomic mass is 10.1. The number of nitrogens with zero attached hydrogens (tertiary/aromatic N) is 2. The van der Waals surface area contributed by atoms with Crippen LogP contribution in [0.15, 0.2) is 48.5 Å². The number of morpholine rings is 1. The summed E-state index contributed by atoms with van der Waals surface area (Å²) < 4.78 is 19.2. The molecule has 2 aromatic carbocycles. The molecule has 1 aromatic heterocycles. The Labute approximate surface area is 207 Å². The molecule has 188 valence electrons. The lowest BCUT2D eigenvalue weighted by Crippen LogP contribution is -2.38. The van der Waals surface area contributed by atoms with E-state index in [-0.39, 0.29) is 5.97 Å². The van der Waals surface area contributed by atoms with Crippen LogP contribution in [-0.2, 0) is 22.4 Å². The van der Waals surface area contributed by atoms with Crippen molar-refractivity contribution in [1.29, 1.82) is 0 Å². The van der Waals surface area contributed by atoms with E-state index in [4.69, 9.17) is 19.9 Å². The molecule has 0 radical (unpaired) electrons. The molecule has 1 fully saturated rings. The average Bonchev–Trinajstić information content (AvgIpc) is 3.15. The molecular formula is C28H37N3O4. The van der Waals surface area contributed by atoms with Gasteiger partial charge in [0.25, 0.3) is 0 Å². The van der Waals surface area contributed by atoms with E-state index in [0.29, 0.717) is 25.3 Å². The highest BCUT2D eigenvalue weighted by Gasteiger charge is 2.18. The van der Waals surface area contributed by atoms with Crippen molar-refractivity contribution >= 4 is 16.9 Å². The number of carbonyl (C=O) groups excluding carboxylic acids is 1. The first kappa shape index (κ1) is 25.2. The molecule has 1 saturated heterocycles. The Morgan fingerprint density at radius 2 is 1.80 bits per heavy atom. The molecule has 0 atom stereocenters. The van der Waals surface area contributed by atoms with Gasteiger partial charge in [-0.05, 0) is 75.7 Å². The second-order valence-electron chi connectivity index (χ2n) is 9.98. The van der Waals surface area contributed by atoms with Gasteiger partial charge in [-0.2, -0.15) is 0 Å². The Kier molecular flexibility index (Phi) is 8.11. The monoisotopic (exact) mass is 479 g/mol. The zero-order valence-electron chi connectivity index (χ0n) is 21.1. The highest BCUT2D eigenvalue weighted by atomic mass is 16.6. The second kappa shape index (κ2) is 11.2. The number of rotatable bonds is 9. The van der Waals surface area contributed by atoms with E-state index >= 15 is 0 Å². The van der Waals surface area contributed by atoms with E-state index < -0.39 is 5.60 Å². The molecule has 0 spiro atoms. The third-order valence-electron chi connectivity index (χ3n) is 6.07. The van der Waals surface area contributed by atoms with Crippen molar-refractivity contribution in [2.24, 2.45) is 5.73 Å². The van der Waals surface area contributed by atoms with E-state index in [1.165, 1.54) is 5.69 Å². The normalized spacial score (nSPS) is 14.9. The predicted molar refractivity (Wildman–Crippen MR) is 138 cm³/mol. The number of benzene rings is 2. The number of fused-ring (bicyclic) bond motifs is 1. The predicted octanol–water partition coefficient (Wildman–Crippen LogP) is 3.86. The van der Waals surface area contributed by atoms with Crippen molar-refractivity contribution in [3.8, 4) is 5.75 Å². The SMILES string of the molecule is CC(C)(C)OC(=O)c1ccc(Cn2c(CCN)cc3cc(OCCN4CCOCC4)ccc32)cc1. The van der Waals surface area contributed by atoms with Crippen LogP contribution >= 0.6 is 0 Å². The Hall–Kier alpha value is -2.87. The number of esters is 1. The summed E-state index contributed by atoms with van der Waals surface area (Å²) in [6.07, 6.45) is 0.790. The molecule has 0 aliphatic carbocycles. The van der Waals surface area contributed by atoms with Gasteiger partial charge in [0, 0.05) is 42.8 Å². The maximum Gasteiger partial charge on any atom is 0.338 e. The summed E-state index contributed by atoms with van der Waals surface area (Å²) in [4.78, 5) is 14.7. The fourth-order valence-electron chi connectivity index (χ4n) is 4.32. The van der Waals surface area contributed by atoms with Crippen molar-refractivity contribution in [1.82, 2.24) is 9.47 Å². The van der Waals surface area contributed by atoms with Crippen LogP contribution in [0.25, 0.3) is 10.9 Å². The van der Waals surface area contributed by atoms with Gasteiger partial charge >= 0.3 is 5.97 Å². The highest BCUT2D eigenvalue weighted by Crippen LogP contribution is 2.26. The molecule has 7 nitrogen and oxygen atoms in total. The first-order valence-corrected chi connectivity index (χ1v) is 12.4. The van der Waals surface area contributed by atoms with Crippen molar-refractivity contribution < 1.29 is 19.0 Å². The first-order valence-electron chi connectivity index (χ1n) is 12.4. The van der Waals surface area contributed by atoms with Crippen LogP contribution in [0, 0.1) is 0 Å². The quantitative estimate of drug-likeness (QED) is 0.470. The van der Waals surface area contributed by atoms with Gasteiger partial charge in [0.05, 0.1) is 18.8 Å². The van der Waals surface area contributed by atoms with E-state index in [9.17, 15) is 4.79 Å². The highest BCUT2D eigenvalue weighted by molar-refractivity contribution is 5.89. The van der Waals surface area contributed by atoms with Gasteiger partial charge in [0.1, 0.15) is 18.0 Å². The fraction of sp³-hybridized carbons (Fsp3) is 0.464. The van der Waals surface area contributed by atoms with Crippen LogP contribution in [0.1, 0.15) is 42.4 Å². The Bertz CT molecular complexity index is 1130. The minimum Gasteiger partial charge on any atom is -0.492 e. The van der Waals surface area contributed by atoms with Crippen LogP contribution < -0.4 is 10.5 Å². The van der Waals surface area contributed by atoms with E-state index in [0.717, 1.165) is 61.5 Å². The largest absolute Gasteiger partial charge is 0.492 e. The molecule has 7 heteroatoms. The van der Waals surface area contributed by atoms with Gasteiger partial charge in [-0.3, -0.25) is 4.90 Å². The third-order valence-corrected chi connectivity index (χ3v) is 6.07. The topological polar surface area (TPSA) is 79.0 Å². The van der Waals surface area contributed by atoms with Gasteiger partial charge in [0.2, 0.25) is 0 Å². The maximum atomic E-state index is 12.3.